The second-order valence-electron chi connectivity index (χ2n) is 8.74. The molecule has 1 aliphatic rings. The first-order valence-electron chi connectivity index (χ1n) is 11.3. The number of fused-ring (bicyclic) bond motifs is 1. The van der Waals surface area contributed by atoms with Crippen molar-refractivity contribution >= 4 is 11.0 Å². The SMILES string of the molecule is CCOc1cc(CN2CCC(n3c(=O)[nH]c4ccccc43)CC2)ccc1OCC(C)C. The molecule has 1 saturated heterocycles. The number of imidazole rings is 1. The van der Waals surface area contributed by atoms with E-state index in [4.69, 9.17) is 9.47 Å². The molecule has 31 heavy (non-hydrogen) atoms. The van der Waals surface area contributed by atoms with E-state index in [-0.39, 0.29) is 11.7 Å². The molecule has 3 aromatic rings. The van der Waals surface area contributed by atoms with Crippen LogP contribution in [0.3, 0.4) is 0 Å². The first-order chi connectivity index (χ1) is 15.0. The monoisotopic (exact) mass is 423 g/mol. The van der Waals surface area contributed by atoms with Gasteiger partial charge in [-0.25, -0.2) is 4.79 Å². The molecular formula is C25H33N3O3. The lowest BCUT2D eigenvalue weighted by molar-refractivity contribution is 0.179. The lowest BCUT2D eigenvalue weighted by atomic mass is 10.0. The Labute approximate surface area is 183 Å². The maximum absolute atomic E-state index is 12.5. The number of likely N-dealkylation sites (tertiary alicyclic amines) is 1. The average Bonchev–Trinajstić information content (AvgIpc) is 3.09. The molecule has 166 valence electrons. The number of H-pyrrole nitrogens is 1. The summed E-state index contributed by atoms with van der Waals surface area (Å²) in [6.07, 6.45) is 1.94. The van der Waals surface area contributed by atoms with Crippen LogP contribution in [-0.4, -0.2) is 40.8 Å². The fraction of sp³-hybridized carbons (Fsp3) is 0.480. The van der Waals surface area contributed by atoms with Gasteiger partial charge in [0.1, 0.15) is 0 Å². The molecule has 0 atom stereocenters. The van der Waals surface area contributed by atoms with Gasteiger partial charge < -0.3 is 14.5 Å². The van der Waals surface area contributed by atoms with Crippen LogP contribution in [0.5, 0.6) is 11.5 Å². The van der Waals surface area contributed by atoms with E-state index in [1.165, 1.54) is 5.56 Å². The molecule has 0 aliphatic carbocycles. The molecule has 0 saturated carbocycles. The lowest BCUT2D eigenvalue weighted by Crippen LogP contribution is -2.36. The highest BCUT2D eigenvalue weighted by Gasteiger charge is 2.23. The van der Waals surface area contributed by atoms with Crippen molar-refractivity contribution in [3.05, 3.63) is 58.5 Å². The third kappa shape index (κ3) is 4.96. The van der Waals surface area contributed by atoms with Gasteiger partial charge >= 0.3 is 5.69 Å². The number of nitrogens with zero attached hydrogens (tertiary/aromatic N) is 2. The number of aromatic amines is 1. The Hall–Kier alpha value is -2.73. The predicted molar refractivity (Wildman–Crippen MR) is 124 cm³/mol. The second kappa shape index (κ2) is 9.60. The highest BCUT2D eigenvalue weighted by atomic mass is 16.5. The van der Waals surface area contributed by atoms with Crippen LogP contribution in [0.4, 0.5) is 0 Å². The standard InChI is InChI=1S/C25H33N3O3/c1-4-30-24-15-19(9-10-23(24)31-17-18(2)3)16-27-13-11-20(12-14-27)28-22-8-6-5-7-21(22)26-25(28)29/h5-10,15,18,20H,4,11-14,16-17H2,1-3H3,(H,26,29). The number of nitrogens with one attached hydrogen (secondary N) is 1. The molecule has 0 radical (unpaired) electrons. The quantitative estimate of drug-likeness (QED) is 0.575. The number of aromatic nitrogens is 2. The minimum Gasteiger partial charge on any atom is -0.490 e. The van der Waals surface area contributed by atoms with E-state index in [0.29, 0.717) is 19.1 Å². The summed E-state index contributed by atoms with van der Waals surface area (Å²) in [6.45, 7) is 10.4. The van der Waals surface area contributed by atoms with Gasteiger partial charge in [-0.1, -0.05) is 32.0 Å². The van der Waals surface area contributed by atoms with Gasteiger partial charge in [-0.05, 0) is 55.5 Å². The van der Waals surface area contributed by atoms with Gasteiger partial charge in [0.15, 0.2) is 11.5 Å². The van der Waals surface area contributed by atoms with Crippen LogP contribution in [0.15, 0.2) is 47.3 Å². The molecule has 1 N–H and O–H groups in total. The summed E-state index contributed by atoms with van der Waals surface area (Å²) in [6, 6.07) is 14.5. The summed E-state index contributed by atoms with van der Waals surface area (Å²) < 4.78 is 13.7. The Bertz CT molecular complexity index is 1060. The number of hydrogen-bond acceptors (Lipinski definition) is 4. The molecule has 0 spiro atoms. The molecule has 0 bridgehead atoms. The molecule has 2 heterocycles. The van der Waals surface area contributed by atoms with E-state index in [2.05, 4.69) is 35.9 Å². The van der Waals surface area contributed by atoms with Crippen LogP contribution in [0.25, 0.3) is 11.0 Å². The number of rotatable bonds is 8. The normalized spacial score (nSPS) is 15.6. The van der Waals surface area contributed by atoms with Crippen LogP contribution >= 0.6 is 0 Å². The Morgan fingerprint density at radius 2 is 1.84 bits per heavy atom. The molecule has 1 aromatic heterocycles. The highest BCUT2D eigenvalue weighted by Crippen LogP contribution is 2.31. The van der Waals surface area contributed by atoms with Crippen molar-refractivity contribution < 1.29 is 9.47 Å². The zero-order valence-electron chi connectivity index (χ0n) is 18.8. The van der Waals surface area contributed by atoms with E-state index in [1.54, 1.807) is 0 Å². The lowest BCUT2D eigenvalue weighted by Gasteiger charge is -2.32. The number of ether oxygens (including phenoxy) is 2. The van der Waals surface area contributed by atoms with Gasteiger partial charge in [-0.2, -0.15) is 0 Å². The van der Waals surface area contributed by atoms with Gasteiger partial charge in [-0.3, -0.25) is 9.47 Å². The third-order valence-corrected chi connectivity index (χ3v) is 5.83. The Morgan fingerprint density at radius 3 is 2.58 bits per heavy atom. The molecule has 4 rings (SSSR count). The van der Waals surface area contributed by atoms with Crippen LogP contribution in [0.2, 0.25) is 0 Å². The van der Waals surface area contributed by atoms with Gasteiger partial charge in [0.25, 0.3) is 0 Å². The molecule has 0 amide bonds. The van der Waals surface area contributed by atoms with Gasteiger partial charge in [0.2, 0.25) is 0 Å². The van der Waals surface area contributed by atoms with Crippen LogP contribution < -0.4 is 15.2 Å². The number of hydrogen-bond donors (Lipinski definition) is 1. The van der Waals surface area contributed by atoms with Crippen molar-refractivity contribution in [2.24, 2.45) is 5.92 Å². The molecule has 1 fully saturated rings. The van der Waals surface area contributed by atoms with Gasteiger partial charge in [0, 0.05) is 25.7 Å². The number of piperidine rings is 1. The Balaban J connectivity index is 1.41. The van der Waals surface area contributed by atoms with Crippen LogP contribution in [0, 0.1) is 5.92 Å². The largest absolute Gasteiger partial charge is 0.490 e. The second-order valence-corrected chi connectivity index (χ2v) is 8.74. The van der Waals surface area contributed by atoms with Crippen LogP contribution in [0.1, 0.15) is 45.2 Å². The summed E-state index contributed by atoms with van der Waals surface area (Å²) in [5, 5.41) is 0. The maximum Gasteiger partial charge on any atom is 0.326 e. The Kier molecular flexibility index (Phi) is 6.66. The number of benzene rings is 2. The zero-order valence-corrected chi connectivity index (χ0v) is 18.8. The Morgan fingerprint density at radius 1 is 1.06 bits per heavy atom. The fourth-order valence-electron chi connectivity index (χ4n) is 4.33. The van der Waals surface area contributed by atoms with Gasteiger partial charge in [0.05, 0.1) is 24.2 Å². The summed E-state index contributed by atoms with van der Waals surface area (Å²) in [5.74, 6) is 2.11. The van der Waals surface area contributed by atoms with Crippen molar-refractivity contribution in [1.29, 1.82) is 0 Å². The summed E-state index contributed by atoms with van der Waals surface area (Å²) in [4.78, 5) is 17.9. The molecule has 2 aromatic carbocycles. The molecule has 1 aliphatic heterocycles. The van der Waals surface area contributed by atoms with E-state index >= 15 is 0 Å². The van der Waals surface area contributed by atoms with Crippen molar-refractivity contribution in [3.63, 3.8) is 0 Å². The van der Waals surface area contributed by atoms with Crippen molar-refractivity contribution in [1.82, 2.24) is 14.5 Å². The van der Waals surface area contributed by atoms with Crippen molar-refractivity contribution in [3.8, 4) is 11.5 Å². The zero-order chi connectivity index (χ0) is 21.8. The average molecular weight is 424 g/mol. The summed E-state index contributed by atoms with van der Waals surface area (Å²) >= 11 is 0. The molecule has 0 unspecified atom stereocenters. The van der Waals surface area contributed by atoms with E-state index in [0.717, 1.165) is 55.0 Å². The minimum atomic E-state index is -0.00186. The molecular weight excluding hydrogens is 390 g/mol. The van der Waals surface area contributed by atoms with Crippen molar-refractivity contribution in [2.45, 2.75) is 46.2 Å². The smallest absolute Gasteiger partial charge is 0.326 e. The first kappa shape index (κ1) is 21.5. The molecule has 6 nitrogen and oxygen atoms in total. The minimum absolute atomic E-state index is 0.00186. The van der Waals surface area contributed by atoms with E-state index in [9.17, 15) is 4.79 Å². The molecule has 6 heteroatoms. The predicted octanol–water partition coefficient (Wildman–Crippen LogP) is 4.60. The summed E-state index contributed by atoms with van der Waals surface area (Å²) in [7, 11) is 0. The van der Waals surface area contributed by atoms with Gasteiger partial charge in [-0.15, -0.1) is 0 Å². The van der Waals surface area contributed by atoms with Crippen LogP contribution in [-0.2, 0) is 6.54 Å². The number of para-hydroxylation sites is 2. The maximum atomic E-state index is 12.5. The highest BCUT2D eigenvalue weighted by molar-refractivity contribution is 5.75. The van der Waals surface area contributed by atoms with E-state index < -0.39 is 0 Å². The summed E-state index contributed by atoms with van der Waals surface area (Å²) in [5.41, 5.74) is 3.14. The van der Waals surface area contributed by atoms with E-state index in [1.807, 2.05) is 41.8 Å². The van der Waals surface area contributed by atoms with Crippen molar-refractivity contribution in [2.75, 3.05) is 26.3 Å². The third-order valence-electron chi connectivity index (χ3n) is 5.83. The first-order valence-corrected chi connectivity index (χ1v) is 11.3. The fourth-order valence-corrected chi connectivity index (χ4v) is 4.33. The topological polar surface area (TPSA) is 59.5 Å².